The fourth-order valence-corrected chi connectivity index (χ4v) is 7.50. The molecule has 0 N–H and O–H groups in total. The molecule has 0 saturated heterocycles. The van der Waals surface area contributed by atoms with Gasteiger partial charge in [-0.1, -0.05) is 0 Å². The summed E-state index contributed by atoms with van der Waals surface area (Å²) < 4.78 is 6.21. The van der Waals surface area contributed by atoms with Crippen molar-refractivity contribution in [3.05, 3.63) is 43.7 Å². The maximum atomic E-state index is 2.68. The summed E-state index contributed by atoms with van der Waals surface area (Å²) in [6.45, 7) is 6.94. The van der Waals surface area contributed by atoms with Crippen LogP contribution in [0, 0.1) is 5.92 Å². The normalized spacial score (nSPS) is 20.4. The smallest absolute Gasteiger partial charge is 1.00 e. The SMILES string of the molecule is CCC/[CH]=[Ti+2](\[C]1=CC=CC1)[C]1=C(C)C=CC1C.[Cl-].[Cl-]. The van der Waals surface area contributed by atoms with E-state index < -0.39 is 17.4 Å². The molecule has 0 bridgehead atoms. The molecular formula is C16H22Cl2Ti. The Morgan fingerprint density at radius 1 is 1.37 bits per heavy atom. The summed E-state index contributed by atoms with van der Waals surface area (Å²) in [5, 5.41) is 0. The van der Waals surface area contributed by atoms with E-state index in [-0.39, 0.29) is 24.8 Å². The summed E-state index contributed by atoms with van der Waals surface area (Å²) in [6, 6.07) is 0. The number of hydrogen-bond donors (Lipinski definition) is 0. The van der Waals surface area contributed by atoms with Gasteiger partial charge in [-0.2, -0.15) is 0 Å². The molecule has 1 atom stereocenters. The summed E-state index contributed by atoms with van der Waals surface area (Å²) in [6.07, 6.45) is 15.4. The molecule has 0 saturated carbocycles. The summed E-state index contributed by atoms with van der Waals surface area (Å²) >= 11 is -1.29. The maximum Gasteiger partial charge on any atom is -1.00 e. The van der Waals surface area contributed by atoms with E-state index in [1.807, 2.05) is 0 Å². The predicted octanol–water partition coefficient (Wildman–Crippen LogP) is -1.46. The molecule has 0 aliphatic heterocycles. The zero-order valence-corrected chi connectivity index (χ0v) is 15.0. The second-order valence-corrected chi connectivity index (χ2v) is 8.75. The van der Waals surface area contributed by atoms with Gasteiger partial charge in [0.15, 0.2) is 0 Å². The van der Waals surface area contributed by atoms with Crippen LogP contribution in [0.2, 0.25) is 0 Å². The Labute approximate surface area is 135 Å². The largest absolute Gasteiger partial charge is 1.00 e. The molecule has 0 fully saturated rings. The Hall–Kier alpha value is 0.124. The molecule has 2 aliphatic rings. The van der Waals surface area contributed by atoms with Crippen molar-refractivity contribution in [1.29, 1.82) is 0 Å². The summed E-state index contributed by atoms with van der Waals surface area (Å²) in [7, 11) is 0. The first-order valence-corrected chi connectivity index (χ1v) is 9.16. The average molecular weight is 333 g/mol. The first-order chi connectivity index (χ1) is 8.24. The van der Waals surface area contributed by atoms with E-state index in [2.05, 4.69) is 55.5 Å². The van der Waals surface area contributed by atoms with Crippen molar-refractivity contribution in [3.63, 3.8) is 0 Å². The van der Waals surface area contributed by atoms with Crippen molar-refractivity contribution in [2.24, 2.45) is 5.92 Å². The van der Waals surface area contributed by atoms with Crippen LogP contribution in [0.5, 0.6) is 0 Å². The molecule has 0 heterocycles. The van der Waals surface area contributed by atoms with Crippen molar-refractivity contribution < 1.29 is 42.2 Å². The van der Waals surface area contributed by atoms with E-state index in [0.717, 1.165) is 0 Å². The van der Waals surface area contributed by atoms with E-state index >= 15 is 0 Å². The molecular weight excluding hydrogens is 311 g/mol. The van der Waals surface area contributed by atoms with Crippen LogP contribution in [-0.4, -0.2) is 4.31 Å². The summed E-state index contributed by atoms with van der Waals surface area (Å²) in [5.41, 5.74) is 1.55. The van der Waals surface area contributed by atoms with Crippen LogP contribution in [0.3, 0.4) is 0 Å². The minimum atomic E-state index is -1.29. The number of hydrogen-bond acceptors (Lipinski definition) is 0. The molecule has 0 aromatic carbocycles. The first-order valence-electron chi connectivity index (χ1n) is 6.69. The number of unbranched alkanes of at least 4 members (excludes halogenated alkanes) is 1. The van der Waals surface area contributed by atoms with E-state index in [0.29, 0.717) is 5.92 Å². The predicted molar refractivity (Wildman–Crippen MR) is 73.8 cm³/mol. The van der Waals surface area contributed by atoms with Crippen LogP contribution in [0.25, 0.3) is 0 Å². The van der Waals surface area contributed by atoms with E-state index in [9.17, 15) is 0 Å². The van der Waals surface area contributed by atoms with Crippen LogP contribution >= 0.6 is 0 Å². The van der Waals surface area contributed by atoms with Crippen LogP contribution in [0.4, 0.5) is 0 Å². The van der Waals surface area contributed by atoms with Crippen LogP contribution in [0.1, 0.15) is 40.0 Å². The molecule has 0 radical (unpaired) electrons. The third-order valence-corrected chi connectivity index (χ3v) is 8.54. The summed E-state index contributed by atoms with van der Waals surface area (Å²) in [4.78, 5) is 0. The number of halogens is 2. The average Bonchev–Trinajstić information content (AvgIpc) is 2.93. The first kappa shape index (κ1) is 19.1. The van der Waals surface area contributed by atoms with Gasteiger partial charge in [0.25, 0.3) is 0 Å². The van der Waals surface area contributed by atoms with Gasteiger partial charge in [-0.25, -0.2) is 0 Å². The topological polar surface area (TPSA) is 0 Å². The molecule has 0 amide bonds. The Morgan fingerprint density at radius 2 is 2.11 bits per heavy atom. The molecule has 104 valence electrons. The Bertz CT molecular complexity index is 453. The second kappa shape index (κ2) is 9.13. The fourth-order valence-electron chi connectivity index (χ4n) is 2.64. The van der Waals surface area contributed by atoms with Crippen molar-refractivity contribution in [2.75, 3.05) is 0 Å². The molecule has 2 rings (SSSR count). The van der Waals surface area contributed by atoms with E-state index in [1.54, 1.807) is 13.3 Å². The van der Waals surface area contributed by atoms with Crippen molar-refractivity contribution in [1.82, 2.24) is 0 Å². The molecule has 0 aromatic rings. The second-order valence-electron chi connectivity index (χ2n) is 4.98. The number of allylic oxidation sites excluding steroid dienone is 8. The van der Waals surface area contributed by atoms with Gasteiger partial charge in [0.05, 0.1) is 0 Å². The summed E-state index contributed by atoms with van der Waals surface area (Å²) in [5.74, 6) is 0.680. The molecule has 0 spiro atoms. The van der Waals surface area contributed by atoms with Gasteiger partial charge >= 0.3 is 111 Å². The maximum absolute atomic E-state index is 2.68. The molecule has 19 heavy (non-hydrogen) atoms. The third-order valence-electron chi connectivity index (χ3n) is 3.56. The minimum Gasteiger partial charge on any atom is -1.00 e. The van der Waals surface area contributed by atoms with Crippen LogP contribution < -0.4 is 24.8 Å². The monoisotopic (exact) mass is 332 g/mol. The minimum absolute atomic E-state index is 0. The van der Waals surface area contributed by atoms with E-state index in [4.69, 9.17) is 0 Å². The van der Waals surface area contributed by atoms with Crippen molar-refractivity contribution >= 4 is 4.31 Å². The van der Waals surface area contributed by atoms with Gasteiger partial charge in [-0.15, -0.1) is 0 Å². The van der Waals surface area contributed by atoms with Gasteiger partial charge < -0.3 is 24.8 Å². The van der Waals surface area contributed by atoms with Crippen molar-refractivity contribution in [3.8, 4) is 0 Å². The molecule has 1 unspecified atom stereocenters. The van der Waals surface area contributed by atoms with Crippen LogP contribution in [0.15, 0.2) is 43.7 Å². The fraction of sp³-hybridized carbons (Fsp3) is 0.438. The van der Waals surface area contributed by atoms with Gasteiger partial charge in [0.1, 0.15) is 0 Å². The standard InChI is InChI=1S/C7H9.C5H5.C4H8.2ClH.Ti/c1-6-3-4-7(2)5-6;1-2-4-5-3-1;1-3-4-2;;;/h3-4,6H,1-2H3;1-3H,4H2;1H,3-4H2,2H3;2*1H;/q;;;;;+2/p-2. The van der Waals surface area contributed by atoms with Gasteiger partial charge in [-0.3, -0.25) is 0 Å². The van der Waals surface area contributed by atoms with Gasteiger partial charge in [-0.05, 0) is 0 Å². The van der Waals surface area contributed by atoms with Crippen molar-refractivity contribution in [2.45, 2.75) is 40.0 Å². The third kappa shape index (κ3) is 4.57. The Kier molecular flexibility index (Phi) is 9.19. The van der Waals surface area contributed by atoms with Gasteiger partial charge in [0.2, 0.25) is 0 Å². The molecule has 0 nitrogen and oxygen atoms in total. The number of rotatable bonds is 4. The zero-order valence-electron chi connectivity index (χ0n) is 11.9. The van der Waals surface area contributed by atoms with Crippen LogP contribution in [-0.2, 0) is 17.4 Å². The van der Waals surface area contributed by atoms with E-state index in [1.165, 1.54) is 19.3 Å². The Balaban J connectivity index is 0.00000162. The quantitative estimate of drug-likeness (QED) is 0.552. The zero-order chi connectivity index (χ0) is 12.3. The molecule has 0 aromatic heterocycles. The Morgan fingerprint density at radius 3 is 2.58 bits per heavy atom. The molecule has 2 aliphatic carbocycles. The van der Waals surface area contributed by atoms with Gasteiger partial charge in [0, 0.05) is 0 Å². The molecule has 3 heteroatoms.